The third-order valence-electron chi connectivity index (χ3n) is 5.61. The number of aromatic nitrogens is 1. The maximum Gasteiger partial charge on any atom is 0.168 e. The van der Waals surface area contributed by atoms with Crippen molar-refractivity contribution in [1.29, 1.82) is 0 Å². The van der Waals surface area contributed by atoms with Gasteiger partial charge in [-0.25, -0.2) is 4.98 Å². The van der Waals surface area contributed by atoms with Crippen LogP contribution in [-0.4, -0.2) is 20.8 Å². The molecular formula is C18H34N2OSSi. The molecule has 0 aliphatic heterocycles. The van der Waals surface area contributed by atoms with Crippen molar-refractivity contribution in [2.75, 3.05) is 0 Å². The Morgan fingerprint density at radius 3 is 2.61 bits per heavy atom. The Labute approximate surface area is 148 Å². The number of thiazole rings is 1. The largest absolute Gasteiger partial charge is 0.412 e. The first-order chi connectivity index (χ1) is 10.9. The van der Waals surface area contributed by atoms with Crippen molar-refractivity contribution < 1.29 is 4.43 Å². The lowest BCUT2D eigenvalue weighted by Gasteiger charge is -2.33. The first-order valence-electron chi connectivity index (χ1n) is 9.16. The normalized spacial score (nSPS) is 20.4. The second-order valence-electron chi connectivity index (χ2n) is 8.15. The van der Waals surface area contributed by atoms with Crippen molar-refractivity contribution >= 4 is 21.1 Å². The Hall–Kier alpha value is -0.233. The van der Waals surface area contributed by atoms with Gasteiger partial charge in [0, 0.05) is 17.6 Å². The van der Waals surface area contributed by atoms with Crippen LogP contribution in [0.2, 0.25) is 5.04 Å². The number of rotatable bonds is 8. The highest BCUT2D eigenvalue weighted by Gasteiger charge is 2.30. The predicted octanol–water partition coefficient (Wildman–Crippen LogP) is 4.44. The first-order valence-corrected chi connectivity index (χ1v) is 11.3. The van der Waals surface area contributed by atoms with Gasteiger partial charge in [0.15, 0.2) is 9.76 Å². The summed E-state index contributed by atoms with van der Waals surface area (Å²) in [5, 5.41) is 3.40. The Kier molecular flexibility index (Phi) is 7.26. The molecule has 2 N–H and O–H groups in total. The highest BCUT2D eigenvalue weighted by Crippen LogP contribution is 2.36. The smallest absolute Gasteiger partial charge is 0.168 e. The molecule has 1 aliphatic rings. The summed E-state index contributed by atoms with van der Waals surface area (Å²) < 4.78 is 6.48. The van der Waals surface area contributed by atoms with Gasteiger partial charge in [0.05, 0.1) is 0 Å². The summed E-state index contributed by atoms with van der Waals surface area (Å²) in [6.07, 6.45) is 9.78. The Morgan fingerprint density at radius 2 is 2.04 bits per heavy atom. The van der Waals surface area contributed by atoms with E-state index in [2.05, 4.69) is 32.7 Å². The van der Waals surface area contributed by atoms with Crippen molar-refractivity contribution in [3.05, 3.63) is 16.6 Å². The number of hydrogen-bond donors (Lipinski definition) is 1. The average Bonchev–Trinajstić information content (AvgIpc) is 3.02. The van der Waals surface area contributed by atoms with E-state index in [9.17, 15) is 0 Å². The molecule has 0 spiro atoms. The maximum absolute atomic E-state index is 6.61. The molecule has 0 bridgehead atoms. The van der Waals surface area contributed by atoms with Gasteiger partial charge in [-0.2, -0.15) is 0 Å². The summed E-state index contributed by atoms with van der Waals surface area (Å²) in [6.45, 7) is 9.23. The van der Waals surface area contributed by atoms with Crippen LogP contribution in [0.15, 0.2) is 11.6 Å². The first kappa shape index (κ1) is 19.1. The zero-order chi connectivity index (χ0) is 16.9. The van der Waals surface area contributed by atoms with E-state index < -0.39 is 9.76 Å². The fourth-order valence-corrected chi connectivity index (χ4v) is 5.38. The van der Waals surface area contributed by atoms with Crippen molar-refractivity contribution in [2.24, 2.45) is 17.6 Å². The molecule has 0 radical (unpaired) electrons. The standard InChI is InChI=1S/C18H34N2OSSi/c1-13(2)18(3,4)23-21-16(17-20-10-11-22-17)15(19)12-14-8-6-5-7-9-14/h10-11,13-16H,5-9,12,19,23H2,1-4H3. The minimum Gasteiger partial charge on any atom is -0.412 e. The third-order valence-corrected chi connectivity index (χ3v) is 8.54. The van der Waals surface area contributed by atoms with Gasteiger partial charge in [0.1, 0.15) is 11.1 Å². The molecule has 23 heavy (non-hydrogen) atoms. The third kappa shape index (κ3) is 5.66. The topological polar surface area (TPSA) is 48.1 Å². The van der Waals surface area contributed by atoms with Crippen LogP contribution in [0.25, 0.3) is 0 Å². The molecule has 3 nitrogen and oxygen atoms in total. The molecule has 0 saturated heterocycles. The van der Waals surface area contributed by atoms with E-state index >= 15 is 0 Å². The minimum atomic E-state index is -0.672. The highest BCUT2D eigenvalue weighted by molar-refractivity contribution is 7.09. The summed E-state index contributed by atoms with van der Waals surface area (Å²) in [5.41, 5.74) is 6.61. The van der Waals surface area contributed by atoms with E-state index in [0.717, 1.165) is 17.3 Å². The number of nitrogens with zero attached hydrogens (tertiary/aromatic N) is 1. The van der Waals surface area contributed by atoms with Crippen LogP contribution < -0.4 is 5.73 Å². The lowest BCUT2D eigenvalue weighted by Crippen LogP contribution is -2.35. The SMILES string of the molecule is CC(C)C(C)(C)[SiH2]OC(c1nccs1)C(N)CC1CCCCC1. The van der Waals surface area contributed by atoms with Crippen LogP contribution in [-0.2, 0) is 4.43 Å². The minimum absolute atomic E-state index is 0.00150. The Balaban J connectivity index is 1.99. The van der Waals surface area contributed by atoms with Crippen molar-refractivity contribution in [3.8, 4) is 0 Å². The van der Waals surface area contributed by atoms with Gasteiger partial charge < -0.3 is 10.2 Å². The summed E-state index contributed by atoms with van der Waals surface area (Å²) in [5.74, 6) is 1.42. The molecule has 1 aliphatic carbocycles. The quantitative estimate of drug-likeness (QED) is 0.702. The van der Waals surface area contributed by atoms with Gasteiger partial charge in [-0.05, 0) is 23.3 Å². The van der Waals surface area contributed by atoms with Crippen LogP contribution in [0.1, 0.15) is 77.3 Å². The lowest BCUT2D eigenvalue weighted by molar-refractivity contribution is 0.148. The van der Waals surface area contributed by atoms with Crippen molar-refractivity contribution in [2.45, 2.75) is 83.4 Å². The summed E-state index contributed by atoms with van der Waals surface area (Å²) in [7, 11) is -0.672. The van der Waals surface area contributed by atoms with Crippen LogP contribution in [0.3, 0.4) is 0 Å². The van der Waals surface area contributed by atoms with Gasteiger partial charge in [0.2, 0.25) is 0 Å². The Bertz CT molecular complexity index is 444. The second-order valence-corrected chi connectivity index (χ2v) is 11.5. The number of nitrogens with two attached hydrogens (primary N) is 1. The highest BCUT2D eigenvalue weighted by atomic mass is 32.1. The van der Waals surface area contributed by atoms with Gasteiger partial charge in [0.25, 0.3) is 0 Å². The molecule has 1 fully saturated rings. The molecule has 1 heterocycles. The van der Waals surface area contributed by atoms with Crippen LogP contribution in [0, 0.1) is 11.8 Å². The van der Waals surface area contributed by atoms with Gasteiger partial charge in [-0.3, -0.25) is 0 Å². The van der Waals surface area contributed by atoms with Crippen LogP contribution >= 0.6 is 11.3 Å². The molecule has 2 unspecified atom stereocenters. The summed E-state index contributed by atoms with van der Waals surface area (Å²) in [4.78, 5) is 4.51. The fourth-order valence-electron chi connectivity index (χ4n) is 3.16. The van der Waals surface area contributed by atoms with Crippen molar-refractivity contribution in [3.63, 3.8) is 0 Å². The van der Waals surface area contributed by atoms with E-state index in [1.807, 2.05) is 11.6 Å². The van der Waals surface area contributed by atoms with E-state index in [-0.39, 0.29) is 12.1 Å². The van der Waals surface area contributed by atoms with Crippen molar-refractivity contribution in [1.82, 2.24) is 4.98 Å². The monoisotopic (exact) mass is 354 g/mol. The summed E-state index contributed by atoms with van der Waals surface area (Å²) >= 11 is 1.69. The number of hydrogen-bond acceptors (Lipinski definition) is 4. The molecule has 0 amide bonds. The molecule has 1 aromatic rings. The van der Waals surface area contributed by atoms with Gasteiger partial charge in [-0.1, -0.05) is 59.8 Å². The molecule has 2 rings (SSSR count). The molecule has 1 aromatic heterocycles. The van der Waals surface area contributed by atoms with Gasteiger partial charge in [-0.15, -0.1) is 11.3 Å². The molecule has 0 aromatic carbocycles. The maximum atomic E-state index is 6.61. The molecule has 2 atom stereocenters. The Morgan fingerprint density at radius 1 is 1.35 bits per heavy atom. The summed E-state index contributed by atoms with van der Waals surface area (Å²) in [6, 6.07) is 0.0831. The molecule has 132 valence electrons. The molecule has 1 saturated carbocycles. The van der Waals surface area contributed by atoms with E-state index in [0.29, 0.717) is 11.0 Å². The second kappa shape index (κ2) is 8.74. The van der Waals surface area contributed by atoms with Crippen LogP contribution in [0.4, 0.5) is 0 Å². The van der Waals surface area contributed by atoms with Crippen LogP contribution in [0.5, 0.6) is 0 Å². The predicted molar refractivity (Wildman–Crippen MR) is 103 cm³/mol. The fraction of sp³-hybridized carbons (Fsp3) is 0.833. The van der Waals surface area contributed by atoms with E-state index in [4.69, 9.17) is 10.2 Å². The van der Waals surface area contributed by atoms with Gasteiger partial charge >= 0.3 is 0 Å². The molecule has 5 heteroatoms. The van der Waals surface area contributed by atoms with E-state index in [1.54, 1.807) is 11.3 Å². The van der Waals surface area contributed by atoms with E-state index in [1.165, 1.54) is 32.1 Å². The lowest BCUT2D eigenvalue weighted by atomic mass is 9.84. The average molecular weight is 355 g/mol. The zero-order valence-electron chi connectivity index (χ0n) is 15.3. The molecular weight excluding hydrogens is 320 g/mol. The zero-order valence-corrected chi connectivity index (χ0v) is 17.5.